The Labute approximate surface area is 125 Å². The third-order valence-electron chi connectivity index (χ3n) is 3.75. The lowest BCUT2D eigenvalue weighted by molar-refractivity contribution is -0.159. The molecule has 5 heteroatoms. The first-order chi connectivity index (χ1) is 10.0. The maximum absolute atomic E-state index is 9.10. The molecule has 1 aliphatic heterocycles. The van der Waals surface area contributed by atoms with Gasteiger partial charge in [0, 0.05) is 18.5 Å². The lowest BCUT2D eigenvalue weighted by Crippen LogP contribution is -2.56. The largest absolute Gasteiger partial charge is 0.473 e. The van der Waals surface area contributed by atoms with E-state index in [4.69, 9.17) is 19.8 Å². The maximum atomic E-state index is 9.10. The highest BCUT2D eigenvalue weighted by atomic mass is 16.4. The molecule has 1 aliphatic rings. The van der Waals surface area contributed by atoms with Crippen LogP contribution in [0.5, 0.6) is 0 Å². The van der Waals surface area contributed by atoms with E-state index in [9.17, 15) is 0 Å². The van der Waals surface area contributed by atoms with Crippen molar-refractivity contribution in [2.24, 2.45) is 0 Å². The molecule has 0 aliphatic carbocycles. The fraction of sp³-hybridized carbons (Fsp3) is 0.500. The zero-order valence-corrected chi connectivity index (χ0v) is 12.3. The highest BCUT2D eigenvalue weighted by molar-refractivity contribution is 6.27. The summed E-state index contributed by atoms with van der Waals surface area (Å²) < 4.78 is 0. The van der Waals surface area contributed by atoms with Crippen molar-refractivity contribution < 1.29 is 19.8 Å². The molecule has 1 fully saturated rings. The number of rotatable bonds is 5. The molecule has 0 spiro atoms. The summed E-state index contributed by atoms with van der Waals surface area (Å²) in [6.45, 7) is 4.61. The molecule has 1 aromatic carbocycles. The summed E-state index contributed by atoms with van der Waals surface area (Å²) in [5, 5.41) is 18.2. The first-order valence-electron chi connectivity index (χ1n) is 7.24. The normalized spacial score (nSPS) is 15.3. The van der Waals surface area contributed by atoms with Crippen molar-refractivity contribution >= 4 is 11.9 Å². The van der Waals surface area contributed by atoms with Crippen LogP contribution < -0.4 is 5.32 Å². The van der Waals surface area contributed by atoms with Crippen LogP contribution in [0.2, 0.25) is 0 Å². The van der Waals surface area contributed by atoms with Crippen molar-refractivity contribution in [2.45, 2.75) is 38.0 Å². The zero-order valence-electron chi connectivity index (χ0n) is 12.3. The molecule has 0 bridgehead atoms. The first kappa shape index (κ1) is 17.2. The predicted octanol–water partition coefficient (Wildman–Crippen LogP) is 2.26. The summed E-state index contributed by atoms with van der Waals surface area (Å²) in [6.07, 6.45) is 5.40. The van der Waals surface area contributed by atoms with Crippen molar-refractivity contribution in [1.29, 1.82) is 0 Å². The van der Waals surface area contributed by atoms with Crippen LogP contribution >= 0.6 is 0 Å². The molecule has 3 N–H and O–H groups in total. The van der Waals surface area contributed by atoms with E-state index < -0.39 is 11.9 Å². The van der Waals surface area contributed by atoms with Crippen LogP contribution in [0.15, 0.2) is 30.3 Å². The fourth-order valence-electron chi connectivity index (χ4n) is 2.46. The molecule has 21 heavy (non-hydrogen) atoms. The molecule has 0 aromatic heterocycles. The second-order valence-electron chi connectivity index (χ2n) is 5.32. The Kier molecular flexibility index (Phi) is 6.88. The Balaban J connectivity index is 0.000000315. The number of nitrogens with one attached hydrogen (secondary N) is 1. The minimum Gasteiger partial charge on any atom is -0.473 e. The Hall–Kier alpha value is -1.88. The van der Waals surface area contributed by atoms with Gasteiger partial charge in [-0.2, -0.15) is 0 Å². The smallest absolute Gasteiger partial charge is 0.414 e. The molecule has 2 rings (SSSR count). The number of carboxylic acids is 2. The summed E-state index contributed by atoms with van der Waals surface area (Å²) in [5.74, 6) is -3.65. The number of aliphatic carboxylic acids is 2. The van der Waals surface area contributed by atoms with Gasteiger partial charge in [-0.1, -0.05) is 56.5 Å². The molecule has 0 saturated carbocycles. The highest BCUT2D eigenvalue weighted by Gasteiger charge is 2.37. The monoisotopic (exact) mass is 293 g/mol. The van der Waals surface area contributed by atoms with Crippen molar-refractivity contribution in [3.8, 4) is 0 Å². The van der Waals surface area contributed by atoms with Gasteiger partial charge in [-0.3, -0.25) is 0 Å². The van der Waals surface area contributed by atoms with Crippen LogP contribution in [0.1, 0.15) is 38.2 Å². The number of carboxylic acid groups (broad SMARTS) is 2. The predicted molar refractivity (Wildman–Crippen MR) is 80.4 cm³/mol. The second kappa shape index (κ2) is 8.42. The van der Waals surface area contributed by atoms with E-state index in [1.807, 2.05) is 0 Å². The Morgan fingerprint density at radius 2 is 1.67 bits per heavy atom. The molecule has 1 saturated heterocycles. The summed E-state index contributed by atoms with van der Waals surface area (Å²) in [7, 11) is 0. The maximum Gasteiger partial charge on any atom is 0.414 e. The second-order valence-corrected chi connectivity index (χ2v) is 5.32. The molecule has 0 amide bonds. The quantitative estimate of drug-likeness (QED) is 0.572. The van der Waals surface area contributed by atoms with Gasteiger partial charge >= 0.3 is 11.9 Å². The van der Waals surface area contributed by atoms with E-state index in [0.717, 1.165) is 0 Å². The standard InChI is InChI=1S/C14H21N.C2H2O4/c1-2-3-7-10-14(11-15-12-14)13-8-5-4-6-9-13;3-1(4)2(5)6/h4-6,8-9,15H,2-3,7,10-12H2,1H3;(H,3,4)(H,5,6). The van der Waals surface area contributed by atoms with Crippen LogP contribution in [-0.4, -0.2) is 35.2 Å². The topological polar surface area (TPSA) is 86.6 Å². The third kappa shape index (κ3) is 5.19. The zero-order chi connectivity index (χ0) is 15.7. The van der Waals surface area contributed by atoms with Crippen molar-refractivity contribution in [2.75, 3.05) is 13.1 Å². The van der Waals surface area contributed by atoms with Gasteiger partial charge in [0.1, 0.15) is 0 Å². The SMILES string of the molecule is CCCCCC1(c2ccccc2)CNC1.O=C(O)C(=O)O. The Morgan fingerprint density at radius 1 is 1.10 bits per heavy atom. The number of benzene rings is 1. The molecular weight excluding hydrogens is 270 g/mol. The van der Waals surface area contributed by atoms with Crippen LogP contribution in [0.3, 0.4) is 0 Å². The molecule has 0 unspecified atom stereocenters. The Bertz CT molecular complexity index is 443. The van der Waals surface area contributed by atoms with Gasteiger partial charge in [-0.15, -0.1) is 0 Å². The summed E-state index contributed by atoms with van der Waals surface area (Å²) >= 11 is 0. The third-order valence-corrected chi connectivity index (χ3v) is 3.75. The van der Waals surface area contributed by atoms with Gasteiger partial charge in [-0.05, 0) is 12.0 Å². The van der Waals surface area contributed by atoms with Crippen LogP contribution in [-0.2, 0) is 15.0 Å². The number of carbonyl (C=O) groups is 2. The summed E-state index contributed by atoms with van der Waals surface area (Å²) in [4.78, 5) is 18.2. The molecule has 116 valence electrons. The minimum atomic E-state index is -1.82. The van der Waals surface area contributed by atoms with Crippen molar-refractivity contribution in [3.05, 3.63) is 35.9 Å². The van der Waals surface area contributed by atoms with E-state index in [1.165, 1.54) is 44.3 Å². The van der Waals surface area contributed by atoms with Crippen LogP contribution in [0.4, 0.5) is 0 Å². The van der Waals surface area contributed by atoms with E-state index in [0.29, 0.717) is 5.41 Å². The van der Waals surface area contributed by atoms with Crippen LogP contribution in [0, 0.1) is 0 Å². The lowest BCUT2D eigenvalue weighted by Gasteiger charge is -2.43. The average Bonchev–Trinajstić information content (AvgIpc) is 2.43. The van der Waals surface area contributed by atoms with E-state index in [1.54, 1.807) is 0 Å². The summed E-state index contributed by atoms with van der Waals surface area (Å²) in [6, 6.07) is 11.0. The summed E-state index contributed by atoms with van der Waals surface area (Å²) in [5.41, 5.74) is 1.98. The van der Waals surface area contributed by atoms with Gasteiger partial charge in [0.2, 0.25) is 0 Å². The molecule has 1 aromatic rings. The van der Waals surface area contributed by atoms with Gasteiger partial charge in [-0.25, -0.2) is 9.59 Å². The lowest BCUT2D eigenvalue weighted by atomic mass is 9.71. The molecule has 0 atom stereocenters. The number of unbranched alkanes of at least 4 members (excludes halogenated alkanes) is 2. The molecule has 1 heterocycles. The van der Waals surface area contributed by atoms with Gasteiger partial charge in [0.05, 0.1) is 0 Å². The number of hydrogen-bond acceptors (Lipinski definition) is 3. The highest BCUT2D eigenvalue weighted by Crippen LogP contribution is 2.33. The van der Waals surface area contributed by atoms with E-state index in [-0.39, 0.29) is 0 Å². The van der Waals surface area contributed by atoms with Gasteiger partial charge in [0.15, 0.2) is 0 Å². The molecule has 0 radical (unpaired) electrons. The molecule has 5 nitrogen and oxygen atoms in total. The minimum absolute atomic E-state index is 0.455. The van der Waals surface area contributed by atoms with Crippen molar-refractivity contribution in [3.63, 3.8) is 0 Å². The average molecular weight is 293 g/mol. The van der Waals surface area contributed by atoms with Crippen molar-refractivity contribution in [1.82, 2.24) is 5.32 Å². The van der Waals surface area contributed by atoms with E-state index >= 15 is 0 Å². The van der Waals surface area contributed by atoms with Gasteiger partial charge < -0.3 is 15.5 Å². The fourth-order valence-corrected chi connectivity index (χ4v) is 2.46. The van der Waals surface area contributed by atoms with Crippen LogP contribution in [0.25, 0.3) is 0 Å². The first-order valence-corrected chi connectivity index (χ1v) is 7.24. The van der Waals surface area contributed by atoms with Gasteiger partial charge in [0.25, 0.3) is 0 Å². The number of hydrogen-bond donors (Lipinski definition) is 3. The molecular formula is C16H23NO4. The Morgan fingerprint density at radius 3 is 2.05 bits per heavy atom. The van der Waals surface area contributed by atoms with E-state index in [2.05, 4.69) is 42.6 Å².